The van der Waals surface area contributed by atoms with Gasteiger partial charge in [-0.3, -0.25) is 9.88 Å². The minimum Gasteiger partial charge on any atom is -0.508 e. The van der Waals surface area contributed by atoms with E-state index in [4.69, 9.17) is 24.4 Å². The molecule has 0 aliphatic carbocycles. The second-order valence-electron chi connectivity index (χ2n) is 12.0. The van der Waals surface area contributed by atoms with Crippen molar-refractivity contribution in [3.05, 3.63) is 54.2 Å². The summed E-state index contributed by atoms with van der Waals surface area (Å²) in [5.74, 6) is 0.922. The molecule has 2 atom stereocenters. The van der Waals surface area contributed by atoms with Gasteiger partial charge in [-0.25, -0.2) is 4.39 Å². The van der Waals surface area contributed by atoms with Crippen LogP contribution in [0.2, 0.25) is 0 Å². The predicted octanol–water partition coefficient (Wildman–Crippen LogP) is 5.94. The van der Waals surface area contributed by atoms with Gasteiger partial charge in [0, 0.05) is 50.0 Å². The average molecular weight is 584 g/mol. The number of aryl methyl sites for hydroxylation is 1. The summed E-state index contributed by atoms with van der Waals surface area (Å²) in [5.41, 5.74) is 3.82. The van der Waals surface area contributed by atoms with Crippen LogP contribution in [0.4, 0.5) is 10.2 Å². The molecule has 43 heavy (non-hydrogen) atoms. The Morgan fingerprint density at radius 1 is 1.19 bits per heavy atom. The van der Waals surface area contributed by atoms with E-state index in [-0.39, 0.29) is 17.3 Å². The van der Waals surface area contributed by atoms with E-state index in [0.717, 1.165) is 71.9 Å². The summed E-state index contributed by atoms with van der Waals surface area (Å²) in [7, 11) is 0. The monoisotopic (exact) mass is 583 g/mol. The second kappa shape index (κ2) is 11.4. The number of phenols is 1. The van der Waals surface area contributed by atoms with Gasteiger partial charge in [0.15, 0.2) is 0 Å². The molecule has 1 N–H and O–H groups in total. The normalized spacial score (nSPS) is 22.7. The summed E-state index contributed by atoms with van der Waals surface area (Å²) in [4.78, 5) is 19.3. The van der Waals surface area contributed by atoms with E-state index < -0.39 is 6.17 Å². The van der Waals surface area contributed by atoms with Crippen molar-refractivity contribution >= 4 is 33.6 Å². The van der Waals surface area contributed by atoms with E-state index in [9.17, 15) is 9.50 Å². The molecule has 0 saturated carbocycles. The van der Waals surface area contributed by atoms with Gasteiger partial charge in [-0.1, -0.05) is 37.8 Å². The number of hydrogen-bond acceptors (Lipinski definition) is 8. The van der Waals surface area contributed by atoms with Crippen molar-refractivity contribution in [2.75, 3.05) is 50.9 Å². The van der Waals surface area contributed by atoms with E-state index in [1.54, 1.807) is 18.2 Å². The summed E-state index contributed by atoms with van der Waals surface area (Å²) in [6.07, 6.45) is 6.93. The van der Waals surface area contributed by atoms with Crippen molar-refractivity contribution in [3.63, 3.8) is 0 Å². The molecule has 9 heteroatoms. The molecular formula is C34H38FN5O3. The Hall–Kier alpha value is -3.82. The van der Waals surface area contributed by atoms with Crippen molar-refractivity contribution in [2.45, 2.75) is 50.7 Å². The third kappa shape index (κ3) is 4.98. The minimum absolute atomic E-state index is 0.174. The van der Waals surface area contributed by atoms with Crippen LogP contribution >= 0.6 is 0 Å². The smallest absolute Gasteiger partial charge is 0.319 e. The third-order valence-electron chi connectivity index (χ3n) is 9.38. The van der Waals surface area contributed by atoms with Crippen LogP contribution in [0.5, 0.6) is 11.8 Å². The first-order chi connectivity index (χ1) is 21.0. The van der Waals surface area contributed by atoms with Crippen molar-refractivity contribution < 1.29 is 19.0 Å². The van der Waals surface area contributed by atoms with Gasteiger partial charge in [0.25, 0.3) is 0 Å². The molecule has 0 amide bonds. The molecule has 3 aliphatic rings. The number of benzene rings is 2. The molecule has 224 valence electrons. The van der Waals surface area contributed by atoms with Crippen molar-refractivity contribution in [3.8, 4) is 23.0 Å². The molecule has 0 unspecified atom stereocenters. The first-order valence-electron chi connectivity index (χ1n) is 15.4. The maximum absolute atomic E-state index is 14.5. The summed E-state index contributed by atoms with van der Waals surface area (Å²) in [5, 5.41) is 13.5. The number of anilines is 1. The lowest BCUT2D eigenvalue weighted by Gasteiger charge is -2.31. The zero-order chi connectivity index (χ0) is 29.6. The number of phenolic OH excluding ortho intramolecular Hbond substituents is 1. The molecule has 0 bridgehead atoms. The number of halogens is 1. The van der Waals surface area contributed by atoms with Crippen LogP contribution in [0, 0.1) is 0 Å². The van der Waals surface area contributed by atoms with Crippen molar-refractivity contribution in [1.29, 1.82) is 0 Å². The molecule has 7 rings (SSSR count). The zero-order valence-corrected chi connectivity index (χ0v) is 24.7. The van der Waals surface area contributed by atoms with E-state index >= 15 is 0 Å². The van der Waals surface area contributed by atoms with Crippen LogP contribution in [0.15, 0.2) is 43.1 Å². The molecule has 2 aromatic heterocycles. The summed E-state index contributed by atoms with van der Waals surface area (Å²) < 4.78 is 26.6. The van der Waals surface area contributed by atoms with E-state index in [1.807, 2.05) is 18.3 Å². The average Bonchev–Trinajstić information content (AvgIpc) is 3.39. The molecule has 3 aliphatic heterocycles. The Balaban J connectivity index is 1.39. The lowest BCUT2D eigenvalue weighted by Crippen LogP contribution is -2.43. The molecule has 3 saturated heterocycles. The van der Waals surface area contributed by atoms with Gasteiger partial charge in [-0.15, -0.1) is 0 Å². The second-order valence-corrected chi connectivity index (χ2v) is 12.0. The van der Waals surface area contributed by atoms with Gasteiger partial charge in [-0.05, 0) is 60.7 Å². The molecular weight excluding hydrogens is 545 g/mol. The van der Waals surface area contributed by atoms with Gasteiger partial charge >= 0.3 is 6.01 Å². The maximum Gasteiger partial charge on any atom is 0.319 e. The van der Waals surface area contributed by atoms with Crippen molar-refractivity contribution in [2.24, 2.45) is 0 Å². The van der Waals surface area contributed by atoms with E-state index in [1.165, 1.54) is 5.56 Å². The fourth-order valence-corrected chi connectivity index (χ4v) is 7.36. The van der Waals surface area contributed by atoms with Gasteiger partial charge in [0.05, 0.1) is 28.7 Å². The summed E-state index contributed by atoms with van der Waals surface area (Å²) in [6.45, 7) is 10.8. The Bertz CT molecular complexity index is 1690. The fourth-order valence-electron chi connectivity index (χ4n) is 7.36. The van der Waals surface area contributed by atoms with Gasteiger partial charge in [0.1, 0.15) is 24.3 Å². The molecule has 3 fully saturated rings. The highest BCUT2D eigenvalue weighted by molar-refractivity contribution is 6.05. The fraction of sp³-hybridized carbons (Fsp3) is 0.441. The number of alkyl halides is 1. The van der Waals surface area contributed by atoms with Crippen LogP contribution in [0.25, 0.3) is 39.0 Å². The highest BCUT2D eigenvalue weighted by Gasteiger charge is 2.49. The number of fused-ring (bicyclic) bond motifs is 3. The number of hydrogen-bond donors (Lipinski definition) is 1. The Morgan fingerprint density at radius 2 is 2.09 bits per heavy atom. The number of ether oxygens (including phenoxy) is 2. The van der Waals surface area contributed by atoms with Crippen LogP contribution in [0.3, 0.4) is 0 Å². The SMILES string of the molecule is C=Cc1c(-c2cc(O)cc3cccc(CC)c23)ncc2c(N3CCCOCC3)nc(OC[C@@]34CCCN3C[C@H](F)C4)nc12. The number of aromatic nitrogens is 3. The Morgan fingerprint density at radius 3 is 2.95 bits per heavy atom. The third-order valence-corrected chi connectivity index (χ3v) is 9.38. The lowest BCUT2D eigenvalue weighted by atomic mass is 9.93. The van der Waals surface area contributed by atoms with E-state index in [0.29, 0.717) is 50.5 Å². The van der Waals surface area contributed by atoms with Gasteiger partial charge < -0.3 is 19.5 Å². The minimum atomic E-state index is -0.833. The molecule has 4 aromatic rings. The van der Waals surface area contributed by atoms with Gasteiger partial charge in [0.2, 0.25) is 0 Å². The zero-order valence-electron chi connectivity index (χ0n) is 24.7. The molecule has 2 aromatic carbocycles. The standard InChI is InChI=1S/C34H38FN5O3/c1-3-22-8-5-9-23-16-25(41)17-27(29(22)23)30-26(4-2)31-28(19-36-30)32(39-11-7-14-42-15-13-39)38-33(37-31)43-21-34-10-6-12-40(34)20-24(35)18-34/h4-5,8-9,16-17,19,24,41H,2-3,6-7,10-15,18,20-21H2,1H3/t24-,34+/m1/s1. The van der Waals surface area contributed by atoms with Crippen LogP contribution in [-0.4, -0.2) is 82.7 Å². The van der Waals surface area contributed by atoms with E-state index in [2.05, 4.69) is 29.4 Å². The number of rotatable bonds is 7. The number of aromatic hydroxyl groups is 1. The van der Waals surface area contributed by atoms with Gasteiger partial charge in [-0.2, -0.15) is 9.97 Å². The Kier molecular flexibility index (Phi) is 7.39. The highest BCUT2D eigenvalue weighted by atomic mass is 19.1. The molecule has 0 radical (unpaired) electrons. The van der Waals surface area contributed by atoms with Crippen LogP contribution < -0.4 is 9.64 Å². The lowest BCUT2D eigenvalue weighted by molar-refractivity contribution is 0.107. The van der Waals surface area contributed by atoms with Crippen LogP contribution in [-0.2, 0) is 11.2 Å². The highest BCUT2D eigenvalue weighted by Crippen LogP contribution is 2.42. The molecule has 5 heterocycles. The molecule has 0 spiro atoms. The Labute approximate surface area is 251 Å². The maximum atomic E-state index is 14.5. The first-order valence-corrected chi connectivity index (χ1v) is 15.4. The topological polar surface area (TPSA) is 83.8 Å². The molecule has 8 nitrogen and oxygen atoms in total. The quantitative estimate of drug-likeness (QED) is 0.286. The number of nitrogens with zero attached hydrogens (tertiary/aromatic N) is 5. The first kappa shape index (κ1) is 28.0. The summed E-state index contributed by atoms with van der Waals surface area (Å²) in [6, 6.07) is 9.97. The summed E-state index contributed by atoms with van der Waals surface area (Å²) >= 11 is 0. The number of pyridine rings is 1. The van der Waals surface area contributed by atoms with Crippen LogP contribution in [0.1, 0.15) is 43.7 Å². The largest absolute Gasteiger partial charge is 0.508 e. The predicted molar refractivity (Wildman–Crippen MR) is 168 cm³/mol. The van der Waals surface area contributed by atoms with Crippen molar-refractivity contribution in [1.82, 2.24) is 19.9 Å².